The number of nitrogens with one attached hydrogen (secondary N) is 1. The van der Waals surface area contributed by atoms with Crippen molar-refractivity contribution in [2.45, 2.75) is 69.7 Å². The van der Waals surface area contributed by atoms with Crippen LogP contribution in [0.4, 0.5) is 11.5 Å². The van der Waals surface area contributed by atoms with Crippen molar-refractivity contribution in [3.8, 4) is 0 Å². The second-order valence-electron chi connectivity index (χ2n) is 6.94. The van der Waals surface area contributed by atoms with Gasteiger partial charge in [0.05, 0.1) is 12.1 Å². The molecule has 0 bridgehead atoms. The number of hydrogen-bond acceptors (Lipinski definition) is 7. The minimum atomic E-state index is -0.555. The van der Waals surface area contributed by atoms with Gasteiger partial charge in [-0.3, -0.25) is 0 Å². The predicted octanol–water partition coefficient (Wildman–Crippen LogP) is 3.55. The van der Waals surface area contributed by atoms with E-state index in [2.05, 4.69) is 29.1 Å². The topological polar surface area (TPSA) is 82.3 Å². The lowest BCUT2D eigenvalue weighted by atomic mass is 10.1. The van der Waals surface area contributed by atoms with E-state index in [1.165, 1.54) is 0 Å². The molecule has 2 heterocycles. The lowest BCUT2D eigenvalue weighted by Gasteiger charge is -2.24. The van der Waals surface area contributed by atoms with E-state index in [1.807, 2.05) is 13.8 Å². The van der Waals surface area contributed by atoms with E-state index in [4.69, 9.17) is 26.8 Å². The van der Waals surface area contributed by atoms with E-state index in [0.29, 0.717) is 22.6 Å². The maximum absolute atomic E-state index is 6.18. The standard InChI is InChI=1S/C16H25ClN4O2S/c1-5-6-24-15-20-13(17)10(18)14(21-15)19-9-7-8(2)11-12(9)23-16(3,4)22-11/h8-9,11-12H,5-7,18H2,1-4H3,(H,19,20,21)/t8?,9-,11-,12+/m1/s1. The average Bonchev–Trinajstić information content (AvgIpc) is 2.97. The summed E-state index contributed by atoms with van der Waals surface area (Å²) in [6.07, 6.45) is 2.05. The molecule has 3 N–H and O–H groups in total. The summed E-state index contributed by atoms with van der Waals surface area (Å²) in [4.78, 5) is 8.79. The van der Waals surface area contributed by atoms with Crippen LogP contribution in [-0.4, -0.2) is 39.8 Å². The van der Waals surface area contributed by atoms with Gasteiger partial charge >= 0.3 is 0 Å². The van der Waals surface area contributed by atoms with Crippen LogP contribution in [0.15, 0.2) is 5.16 Å². The Labute approximate surface area is 152 Å². The first-order valence-electron chi connectivity index (χ1n) is 8.38. The fourth-order valence-electron chi connectivity index (χ4n) is 3.34. The van der Waals surface area contributed by atoms with E-state index in [-0.39, 0.29) is 23.4 Å². The molecule has 8 heteroatoms. The third-order valence-electron chi connectivity index (χ3n) is 4.38. The minimum absolute atomic E-state index is 0.0186. The van der Waals surface area contributed by atoms with Crippen LogP contribution in [0.1, 0.15) is 40.5 Å². The van der Waals surface area contributed by atoms with Crippen LogP contribution < -0.4 is 11.1 Å². The molecule has 1 unspecified atom stereocenters. The molecular weight excluding hydrogens is 348 g/mol. The third-order valence-corrected chi connectivity index (χ3v) is 5.72. The number of fused-ring (bicyclic) bond motifs is 1. The Morgan fingerprint density at radius 3 is 2.75 bits per heavy atom. The summed E-state index contributed by atoms with van der Waals surface area (Å²) in [5.41, 5.74) is 6.46. The number of rotatable bonds is 5. The number of aromatic nitrogens is 2. The Balaban J connectivity index is 1.79. The number of thioether (sulfide) groups is 1. The van der Waals surface area contributed by atoms with Gasteiger partial charge < -0.3 is 20.5 Å². The molecule has 1 aromatic heterocycles. The summed E-state index contributed by atoms with van der Waals surface area (Å²) in [5.74, 6) is 1.37. The molecule has 0 spiro atoms. The molecule has 2 aliphatic rings. The molecule has 1 saturated heterocycles. The second kappa shape index (κ2) is 6.86. The number of ether oxygens (including phenoxy) is 2. The van der Waals surface area contributed by atoms with Crippen LogP contribution in [0.25, 0.3) is 0 Å². The van der Waals surface area contributed by atoms with Crippen molar-refractivity contribution in [3.63, 3.8) is 0 Å². The van der Waals surface area contributed by atoms with E-state index in [0.717, 1.165) is 18.6 Å². The van der Waals surface area contributed by atoms with Gasteiger partial charge in [-0.25, -0.2) is 9.97 Å². The van der Waals surface area contributed by atoms with Crippen LogP contribution in [0.5, 0.6) is 0 Å². The minimum Gasteiger partial charge on any atom is -0.393 e. The molecule has 0 radical (unpaired) electrons. The van der Waals surface area contributed by atoms with Crippen molar-refractivity contribution >= 4 is 34.9 Å². The molecule has 1 aromatic rings. The smallest absolute Gasteiger partial charge is 0.191 e. The van der Waals surface area contributed by atoms with Crippen LogP contribution in [0, 0.1) is 5.92 Å². The maximum atomic E-state index is 6.18. The van der Waals surface area contributed by atoms with Gasteiger partial charge in [0.1, 0.15) is 11.8 Å². The first-order valence-corrected chi connectivity index (χ1v) is 9.75. The highest BCUT2D eigenvalue weighted by Crippen LogP contribution is 2.43. The summed E-state index contributed by atoms with van der Waals surface area (Å²) in [5, 5.41) is 4.36. The molecule has 6 nitrogen and oxygen atoms in total. The molecular formula is C16H25ClN4O2S. The van der Waals surface area contributed by atoms with E-state index in [9.17, 15) is 0 Å². The fraction of sp³-hybridized carbons (Fsp3) is 0.750. The maximum Gasteiger partial charge on any atom is 0.191 e. The van der Waals surface area contributed by atoms with Crippen molar-refractivity contribution in [2.75, 3.05) is 16.8 Å². The number of hydrogen-bond donors (Lipinski definition) is 2. The molecule has 134 valence electrons. The highest BCUT2D eigenvalue weighted by Gasteiger charge is 2.52. The van der Waals surface area contributed by atoms with Gasteiger partial charge in [-0.15, -0.1) is 0 Å². The summed E-state index contributed by atoms with van der Waals surface area (Å²) >= 11 is 7.76. The average molecular weight is 373 g/mol. The highest BCUT2D eigenvalue weighted by molar-refractivity contribution is 7.99. The van der Waals surface area contributed by atoms with Gasteiger partial charge in [-0.05, 0) is 32.6 Å². The number of nitrogens with two attached hydrogens (primary N) is 1. The van der Waals surface area contributed by atoms with Crippen molar-refractivity contribution in [1.82, 2.24) is 9.97 Å². The van der Waals surface area contributed by atoms with E-state index in [1.54, 1.807) is 11.8 Å². The molecule has 0 amide bonds. The number of nitrogens with zero attached hydrogens (tertiary/aromatic N) is 2. The first-order chi connectivity index (χ1) is 11.3. The predicted molar refractivity (Wildman–Crippen MR) is 97.5 cm³/mol. The number of halogens is 1. The van der Waals surface area contributed by atoms with Crippen molar-refractivity contribution in [2.24, 2.45) is 5.92 Å². The third kappa shape index (κ3) is 3.59. The highest BCUT2D eigenvalue weighted by atomic mass is 35.5. The summed E-state index contributed by atoms with van der Waals surface area (Å²) in [6.45, 7) is 8.20. The number of anilines is 2. The van der Waals surface area contributed by atoms with Crippen molar-refractivity contribution in [3.05, 3.63) is 5.15 Å². The van der Waals surface area contributed by atoms with Gasteiger partial charge in [-0.2, -0.15) is 0 Å². The zero-order chi connectivity index (χ0) is 17.5. The quantitative estimate of drug-likeness (QED) is 0.464. The molecule has 1 aliphatic heterocycles. The first kappa shape index (κ1) is 18.0. The van der Waals surface area contributed by atoms with Crippen molar-refractivity contribution in [1.29, 1.82) is 0 Å². The SMILES string of the molecule is CCCSc1nc(Cl)c(N)c(N[C@@H]2CC(C)[C@H]3OC(C)(C)O[C@H]32)n1. The summed E-state index contributed by atoms with van der Waals surface area (Å²) in [7, 11) is 0. The molecule has 3 rings (SSSR count). The lowest BCUT2D eigenvalue weighted by Crippen LogP contribution is -2.35. The monoisotopic (exact) mass is 372 g/mol. The molecule has 1 saturated carbocycles. The zero-order valence-electron chi connectivity index (χ0n) is 14.5. The summed E-state index contributed by atoms with van der Waals surface area (Å²) in [6, 6.07) is 0.0871. The van der Waals surface area contributed by atoms with Crippen molar-refractivity contribution < 1.29 is 9.47 Å². The Morgan fingerprint density at radius 2 is 2.04 bits per heavy atom. The van der Waals surface area contributed by atoms with Gasteiger partial charge in [0.2, 0.25) is 0 Å². The Bertz CT molecular complexity index is 616. The lowest BCUT2D eigenvalue weighted by molar-refractivity contribution is -0.156. The van der Waals surface area contributed by atoms with Crippen LogP contribution >= 0.6 is 23.4 Å². The molecule has 1 aliphatic carbocycles. The van der Waals surface area contributed by atoms with Crippen LogP contribution in [0.3, 0.4) is 0 Å². The molecule has 2 fully saturated rings. The second-order valence-corrected chi connectivity index (χ2v) is 8.36. The van der Waals surface area contributed by atoms with Gasteiger partial charge in [0.15, 0.2) is 21.9 Å². The van der Waals surface area contributed by atoms with Crippen LogP contribution in [-0.2, 0) is 9.47 Å². The van der Waals surface area contributed by atoms with Gasteiger partial charge in [0, 0.05) is 5.75 Å². The van der Waals surface area contributed by atoms with Crippen LogP contribution in [0.2, 0.25) is 5.15 Å². The van der Waals surface area contributed by atoms with Gasteiger partial charge in [-0.1, -0.05) is 37.2 Å². The molecule has 24 heavy (non-hydrogen) atoms. The van der Waals surface area contributed by atoms with E-state index < -0.39 is 5.79 Å². The van der Waals surface area contributed by atoms with E-state index >= 15 is 0 Å². The number of nitrogen functional groups attached to an aromatic ring is 1. The largest absolute Gasteiger partial charge is 0.393 e. The Hall–Kier alpha value is -0.760. The molecule has 4 atom stereocenters. The fourth-order valence-corrected chi connectivity index (χ4v) is 4.26. The normalized spacial score (nSPS) is 31.2. The van der Waals surface area contributed by atoms with Gasteiger partial charge in [0.25, 0.3) is 0 Å². The summed E-state index contributed by atoms with van der Waals surface area (Å²) < 4.78 is 12.1. The molecule has 0 aromatic carbocycles. The Kier molecular flexibility index (Phi) is 5.16. The Morgan fingerprint density at radius 1 is 1.33 bits per heavy atom. The zero-order valence-corrected chi connectivity index (χ0v) is 16.1.